The van der Waals surface area contributed by atoms with E-state index in [1.54, 1.807) is 18.2 Å². The minimum Gasteiger partial charge on any atom is -0.486 e. The highest BCUT2D eigenvalue weighted by molar-refractivity contribution is 5.91. The second-order valence-electron chi connectivity index (χ2n) is 9.93. The molecule has 1 aromatic heterocycles. The number of carbonyl (C=O) groups excluding carboxylic acids is 2. The topological polar surface area (TPSA) is 63.0 Å². The second kappa shape index (κ2) is 9.45. The number of carbonyl (C=O) groups is 2. The van der Waals surface area contributed by atoms with Crippen LogP contribution in [0.1, 0.15) is 64.7 Å². The van der Waals surface area contributed by atoms with Gasteiger partial charge in [0.1, 0.15) is 23.9 Å². The molecule has 36 heavy (non-hydrogen) atoms. The number of likely N-dealkylation sites (tertiary alicyclic amines) is 1. The minimum atomic E-state index is -0.352. The quantitative estimate of drug-likeness (QED) is 0.483. The third kappa shape index (κ3) is 4.50. The smallest absolute Gasteiger partial charge is 0.289 e. The van der Waals surface area contributed by atoms with Crippen LogP contribution in [0.2, 0.25) is 0 Å². The van der Waals surface area contributed by atoms with Crippen LogP contribution in [-0.2, 0) is 17.8 Å². The maximum absolute atomic E-state index is 14.2. The Kier molecular flexibility index (Phi) is 5.99. The first-order valence-corrected chi connectivity index (χ1v) is 12.8. The molecule has 1 aliphatic carbocycles. The van der Waals surface area contributed by atoms with Crippen molar-refractivity contribution in [3.63, 3.8) is 0 Å². The lowest BCUT2D eigenvalue weighted by Crippen LogP contribution is -2.41. The van der Waals surface area contributed by atoms with E-state index in [1.165, 1.54) is 12.1 Å². The molecular weight excluding hydrogens is 459 g/mol. The zero-order chi connectivity index (χ0) is 24.6. The Morgan fingerprint density at radius 2 is 1.83 bits per heavy atom. The Hall–Kier alpha value is -3.61. The summed E-state index contributed by atoms with van der Waals surface area (Å²) < 4.78 is 26.0. The molecule has 3 heterocycles. The molecule has 186 valence electrons. The van der Waals surface area contributed by atoms with Crippen molar-refractivity contribution in [1.29, 1.82) is 0 Å². The highest BCUT2D eigenvalue weighted by Crippen LogP contribution is 2.41. The van der Waals surface area contributed by atoms with Crippen LogP contribution in [0.5, 0.6) is 5.75 Å². The third-order valence-electron chi connectivity index (χ3n) is 7.37. The molecule has 1 unspecified atom stereocenters. The first-order chi connectivity index (χ1) is 17.6. The fourth-order valence-corrected chi connectivity index (χ4v) is 5.32. The summed E-state index contributed by atoms with van der Waals surface area (Å²) in [7, 11) is 0. The van der Waals surface area contributed by atoms with Crippen molar-refractivity contribution in [1.82, 2.24) is 9.80 Å². The van der Waals surface area contributed by atoms with Gasteiger partial charge in [-0.2, -0.15) is 0 Å². The average molecular weight is 489 g/mol. The van der Waals surface area contributed by atoms with Crippen LogP contribution in [0.3, 0.4) is 0 Å². The van der Waals surface area contributed by atoms with Gasteiger partial charge in [0.05, 0.1) is 6.04 Å². The lowest BCUT2D eigenvalue weighted by molar-refractivity contribution is -0.134. The molecule has 3 aliphatic rings. The van der Waals surface area contributed by atoms with E-state index in [1.807, 2.05) is 34.1 Å². The number of amides is 2. The number of ether oxygens (including phenoxy) is 1. The third-order valence-corrected chi connectivity index (χ3v) is 7.37. The predicted molar refractivity (Wildman–Crippen MR) is 131 cm³/mol. The lowest BCUT2D eigenvalue weighted by Gasteiger charge is -2.38. The first kappa shape index (κ1) is 22.8. The van der Waals surface area contributed by atoms with Gasteiger partial charge >= 0.3 is 0 Å². The molecular formula is C29H29FN2O4. The summed E-state index contributed by atoms with van der Waals surface area (Å²) in [5, 5.41) is 0. The Morgan fingerprint density at radius 3 is 2.61 bits per heavy atom. The van der Waals surface area contributed by atoms with Crippen LogP contribution in [0, 0.1) is 11.7 Å². The number of nitrogens with zero attached hydrogens (tertiary/aromatic N) is 2. The molecule has 1 saturated heterocycles. The van der Waals surface area contributed by atoms with Crippen molar-refractivity contribution >= 4 is 11.8 Å². The summed E-state index contributed by atoms with van der Waals surface area (Å²) in [5.41, 5.74) is 2.86. The van der Waals surface area contributed by atoms with E-state index in [-0.39, 0.29) is 36.2 Å². The number of rotatable bonds is 6. The molecule has 0 spiro atoms. The van der Waals surface area contributed by atoms with Crippen molar-refractivity contribution in [2.75, 3.05) is 19.6 Å². The van der Waals surface area contributed by atoms with E-state index in [0.717, 1.165) is 61.9 Å². The van der Waals surface area contributed by atoms with Gasteiger partial charge in [0, 0.05) is 25.6 Å². The first-order valence-electron chi connectivity index (χ1n) is 12.8. The monoisotopic (exact) mass is 488 g/mol. The summed E-state index contributed by atoms with van der Waals surface area (Å²) in [6.45, 7) is 2.34. The SMILES string of the molecule is O=C(c1ccc(COc2ccc3c(c2)C(c2cccc(F)c2)N(C(=O)C2CC2)CC3)o1)N1CCCC1. The number of furan rings is 1. The van der Waals surface area contributed by atoms with Gasteiger partial charge in [-0.05, 0) is 85.2 Å². The van der Waals surface area contributed by atoms with Gasteiger partial charge in [-0.15, -0.1) is 0 Å². The van der Waals surface area contributed by atoms with Crippen LogP contribution in [0.15, 0.2) is 59.0 Å². The number of hydrogen-bond donors (Lipinski definition) is 0. The van der Waals surface area contributed by atoms with Crippen molar-refractivity contribution in [3.05, 3.63) is 88.6 Å². The van der Waals surface area contributed by atoms with Gasteiger partial charge in [0.25, 0.3) is 5.91 Å². The number of hydrogen-bond acceptors (Lipinski definition) is 4. The highest BCUT2D eigenvalue weighted by atomic mass is 19.1. The molecule has 2 amide bonds. The average Bonchev–Trinajstić information content (AvgIpc) is 3.38. The van der Waals surface area contributed by atoms with Crippen LogP contribution in [0.4, 0.5) is 4.39 Å². The Labute approximate surface area is 209 Å². The Balaban J connectivity index is 1.23. The van der Waals surface area contributed by atoms with E-state index >= 15 is 0 Å². The second-order valence-corrected chi connectivity index (χ2v) is 9.93. The molecule has 1 atom stereocenters. The molecule has 2 fully saturated rings. The zero-order valence-electron chi connectivity index (χ0n) is 20.1. The molecule has 2 aromatic carbocycles. The van der Waals surface area contributed by atoms with Gasteiger partial charge in [0.2, 0.25) is 5.91 Å². The lowest BCUT2D eigenvalue weighted by atomic mass is 9.87. The van der Waals surface area contributed by atoms with Crippen LogP contribution in [0.25, 0.3) is 0 Å². The number of halogens is 1. The van der Waals surface area contributed by atoms with E-state index in [2.05, 4.69) is 0 Å². The highest BCUT2D eigenvalue weighted by Gasteiger charge is 2.39. The van der Waals surface area contributed by atoms with E-state index in [9.17, 15) is 14.0 Å². The summed E-state index contributed by atoms with van der Waals surface area (Å²) >= 11 is 0. The molecule has 2 aliphatic heterocycles. The summed E-state index contributed by atoms with van der Waals surface area (Å²) in [5.74, 6) is 1.38. The predicted octanol–water partition coefficient (Wildman–Crippen LogP) is 5.12. The van der Waals surface area contributed by atoms with E-state index in [0.29, 0.717) is 23.8 Å². The van der Waals surface area contributed by atoms with Gasteiger partial charge in [-0.1, -0.05) is 18.2 Å². The van der Waals surface area contributed by atoms with Crippen LogP contribution >= 0.6 is 0 Å². The fourth-order valence-electron chi connectivity index (χ4n) is 5.32. The summed E-state index contributed by atoms with van der Waals surface area (Å²) in [6, 6.07) is 15.5. The van der Waals surface area contributed by atoms with Gasteiger partial charge in [-0.25, -0.2) is 4.39 Å². The molecule has 1 saturated carbocycles. The molecule has 7 heteroatoms. The maximum atomic E-state index is 14.2. The Morgan fingerprint density at radius 1 is 1.00 bits per heavy atom. The zero-order valence-corrected chi connectivity index (χ0v) is 20.1. The van der Waals surface area contributed by atoms with Gasteiger partial charge in [-0.3, -0.25) is 9.59 Å². The maximum Gasteiger partial charge on any atom is 0.289 e. The number of fused-ring (bicyclic) bond motifs is 1. The minimum absolute atomic E-state index is 0.0779. The molecule has 0 N–H and O–H groups in total. The van der Waals surface area contributed by atoms with Gasteiger partial charge in [0.15, 0.2) is 5.76 Å². The molecule has 3 aromatic rings. The molecule has 0 bridgehead atoms. The number of benzene rings is 2. The summed E-state index contributed by atoms with van der Waals surface area (Å²) in [4.78, 5) is 29.4. The van der Waals surface area contributed by atoms with E-state index in [4.69, 9.17) is 9.15 Å². The largest absolute Gasteiger partial charge is 0.486 e. The van der Waals surface area contributed by atoms with Crippen LogP contribution < -0.4 is 4.74 Å². The molecule has 0 radical (unpaired) electrons. The molecule has 6 rings (SSSR count). The summed E-state index contributed by atoms with van der Waals surface area (Å²) in [6.07, 6.45) is 4.65. The van der Waals surface area contributed by atoms with Crippen molar-refractivity contribution in [2.24, 2.45) is 5.92 Å². The van der Waals surface area contributed by atoms with E-state index < -0.39 is 0 Å². The van der Waals surface area contributed by atoms with Gasteiger partial charge < -0.3 is 19.0 Å². The van der Waals surface area contributed by atoms with Crippen molar-refractivity contribution in [2.45, 2.75) is 44.8 Å². The van der Waals surface area contributed by atoms with Crippen LogP contribution in [-0.4, -0.2) is 41.2 Å². The standard InChI is InChI=1S/C29H29FN2O4/c30-22-5-3-4-21(16-22)27-25-17-23(9-8-19(25)12-15-32(27)28(33)20-6-7-20)35-18-24-10-11-26(36-24)29(34)31-13-1-2-14-31/h3-5,8-11,16-17,20,27H,1-2,6-7,12-15,18H2. The Bertz CT molecular complexity index is 1290. The normalized spacial score (nSPS) is 19.3. The molecule has 6 nitrogen and oxygen atoms in total. The van der Waals surface area contributed by atoms with Crippen molar-refractivity contribution < 1.29 is 23.1 Å². The van der Waals surface area contributed by atoms with Crippen molar-refractivity contribution in [3.8, 4) is 5.75 Å². The fraction of sp³-hybridized carbons (Fsp3) is 0.379.